The molecule has 1 aromatic carbocycles. The molecule has 0 unspecified atom stereocenters. The van der Waals surface area contributed by atoms with E-state index in [-0.39, 0.29) is 23.8 Å². The maximum Gasteiger partial charge on any atom is 0.274 e. The van der Waals surface area contributed by atoms with Crippen LogP contribution in [0.15, 0.2) is 46.4 Å². The summed E-state index contributed by atoms with van der Waals surface area (Å²) in [7, 11) is 0. The first kappa shape index (κ1) is 21.3. The van der Waals surface area contributed by atoms with Gasteiger partial charge in [0.15, 0.2) is 23.1 Å². The Morgan fingerprint density at radius 2 is 1.96 bits per heavy atom. The molecule has 0 bridgehead atoms. The summed E-state index contributed by atoms with van der Waals surface area (Å²) in [6.45, 7) is 6.55. The van der Waals surface area contributed by atoms with Crippen LogP contribution in [-0.2, 0) is 16.1 Å². The largest absolute Gasteiger partial charge is 0.503 e. The number of amides is 1. The van der Waals surface area contributed by atoms with Crippen LogP contribution in [0.3, 0.4) is 0 Å². The monoisotopic (exact) mass is 388 g/mol. The number of nitrogens with two attached hydrogens (primary N) is 1. The minimum atomic E-state index is -0.644. The van der Waals surface area contributed by atoms with Crippen LogP contribution in [0.5, 0.6) is 0 Å². The molecule has 0 radical (unpaired) electrons. The number of hydrogen-bond acceptors (Lipinski definition) is 6. The molecule has 0 aliphatic carbocycles. The van der Waals surface area contributed by atoms with Gasteiger partial charge in [-0.05, 0) is 30.7 Å². The molecule has 0 fully saturated rings. The van der Waals surface area contributed by atoms with Gasteiger partial charge in [0.1, 0.15) is 11.7 Å². The van der Waals surface area contributed by atoms with E-state index in [2.05, 4.69) is 10.3 Å². The van der Waals surface area contributed by atoms with Crippen LogP contribution in [-0.4, -0.2) is 40.8 Å². The van der Waals surface area contributed by atoms with Crippen LogP contribution in [0, 0.1) is 11.2 Å². The summed E-state index contributed by atoms with van der Waals surface area (Å²) in [4.78, 5) is 30.1. The Kier molecular flexibility index (Phi) is 6.72. The van der Waals surface area contributed by atoms with E-state index in [9.17, 15) is 19.1 Å². The second kappa shape index (κ2) is 8.82. The molecule has 1 aliphatic rings. The molecule has 7 nitrogen and oxygen atoms in total. The van der Waals surface area contributed by atoms with E-state index < -0.39 is 17.1 Å². The summed E-state index contributed by atoms with van der Waals surface area (Å²) in [6.07, 6.45) is 0.569. The van der Waals surface area contributed by atoms with Gasteiger partial charge in [0, 0.05) is 18.5 Å². The molecule has 0 aromatic heterocycles. The molecule has 0 atom stereocenters. The molecule has 1 heterocycles. The number of rotatable bonds is 6. The lowest BCUT2D eigenvalue weighted by atomic mass is 9.92. The van der Waals surface area contributed by atoms with E-state index >= 15 is 0 Å². The Morgan fingerprint density at radius 3 is 2.50 bits per heavy atom. The van der Waals surface area contributed by atoms with Crippen molar-refractivity contribution in [2.45, 2.75) is 33.7 Å². The minimum Gasteiger partial charge on any atom is -0.503 e. The Labute approximate surface area is 163 Å². The van der Waals surface area contributed by atoms with Gasteiger partial charge in [-0.15, -0.1) is 0 Å². The van der Waals surface area contributed by atoms with Crippen molar-refractivity contribution in [3.63, 3.8) is 0 Å². The van der Waals surface area contributed by atoms with Crippen molar-refractivity contribution < 1.29 is 19.1 Å². The van der Waals surface area contributed by atoms with Gasteiger partial charge >= 0.3 is 0 Å². The number of aliphatic hydroxyl groups excluding tert-OH is 1. The Bertz CT molecular complexity index is 847. The number of carbonyl (C=O) groups is 1. The molecule has 2 rings (SSSR count). The van der Waals surface area contributed by atoms with Gasteiger partial charge in [-0.1, -0.05) is 32.9 Å². The van der Waals surface area contributed by atoms with Crippen molar-refractivity contribution in [1.82, 2.24) is 10.2 Å². The van der Waals surface area contributed by atoms with Crippen molar-refractivity contribution in [2.75, 3.05) is 13.1 Å². The third-order valence-electron chi connectivity index (χ3n) is 4.13. The number of carbonyl (C=O) groups excluding carboxylic acids is 2. The zero-order valence-electron chi connectivity index (χ0n) is 16.3. The lowest BCUT2D eigenvalue weighted by Gasteiger charge is -2.36. The van der Waals surface area contributed by atoms with Crippen LogP contribution in [0.2, 0.25) is 0 Å². The standard InChI is InChI=1S/C20H25FN4O3/c1-20(2,3)19-24-16(17(27)15(12-26)25(19)10-4-9-22)18(28)23-11-13-5-7-14(21)8-6-13/h5-8,27H,4,9-11,22H2,1-3H3,(H,23,28). The Morgan fingerprint density at radius 1 is 1.32 bits per heavy atom. The Hall–Kier alpha value is -2.96. The molecule has 1 aromatic rings. The van der Waals surface area contributed by atoms with Crippen molar-refractivity contribution in [2.24, 2.45) is 16.1 Å². The lowest BCUT2D eigenvalue weighted by molar-refractivity contribution is -0.117. The first-order valence-corrected chi connectivity index (χ1v) is 8.97. The SMILES string of the molecule is CC(C)(C)C1=NC(C(=O)NCc2ccc(F)cc2)=C(O)C(=C=O)N1CCCN. The molecule has 0 saturated heterocycles. The van der Waals surface area contributed by atoms with E-state index in [0.717, 1.165) is 0 Å². The maximum atomic E-state index is 13.0. The van der Waals surface area contributed by atoms with Gasteiger partial charge in [0.2, 0.25) is 0 Å². The fourth-order valence-electron chi connectivity index (χ4n) is 2.73. The average molecular weight is 388 g/mol. The fraction of sp³-hybridized carbons (Fsp3) is 0.400. The summed E-state index contributed by atoms with van der Waals surface area (Å²) in [6, 6.07) is 5.66. The van der Waals surface area contributed by atoms with E-state index in [4.69, 9.17) is 5.73 Å². The van der Waals surface area contributed by atoms with Crippen molar-refractivity contribution in [1.29, 1.82) is 0 Å². The van der Waals surface area contributed by atoms with E-state index in [0.29, 0.717) is 30.9 Å². The molecule has 0 saturated carbocycles. The molecule has 28 heavy (non-hydrogen) atoms. The van der Waals surface area contributed by atoms with E-state index in [1.807, 2.05) is 20.8 Å². The number of aliphatic imine (C=N–C) groups is 1. The molecule has 1 amide bonds. The van der Waals surface area contributed by atoms with Crippen molar-refractivity contribution in [3.8, 4) is 0 Å². The number of amidine groups is 1. The molecule has 8 heteroatoms. The number of halogens is 1. The third kappa shape index (κ3) is 4.85. The summed E-state index contributed by atoms with van der Waals surface area (Å²) in [5.41, 5.74) is 5.35. The van der Waals surface area contributed by atoms with E-state index in [1.54, 1.807) is 23.0 Å². The average Bonchev–Trinajstić information content (AvgIpc) is 2.64. The summed E-state index contributed by atoms with van der Waals surface area (Å²) in [5.74, 6) is 0.634. The number of benzene rings is 1. The van der Waals surface area contributed by atoms with E-state index in [1.165, 1.54) is 12.1 Å². The number of hydrogen-bond donors (Lipinski definition) is 3. The highest BCUT2D eigenvalue weighted by molar-refractivity contribution is 6.02. The highest BCUT2D eigenvalue weighted by atomic mass is 19.1. The number of nitrogens with zero attached hydrogens (tertiary/aromatic N) is 2. The van der Waals surface area contributed by atoms with Gasteiger partial charge in [0.05, 0.1) is 0 Å². The predicted octanol–water partition coefficient (Wildman–Crippen LogP) is 2.04. The van der Waals surface area contributed by atoms with Crippen molar-refractivity contribution in [3.05, 3.63) is 52.8 Å². The van der Waals surface area contributed by atoms with Gasteiger partial charge in [-0.2, -0.15) is 0 Å². The van der Waals surface area contributed by atoms with Gasteiger partial charge < -0.3 is 21.1 Å². The molecule has 1 aliphatic heterocycles. The van der Waals surface area contributed by atoms with Gasteiger partial charge in [-0.3, -0.25) is 4.79 Å². The van der Waals surface area contributed by atoms with Gasteiger partial charge in [-0.25, -0.2) is 14.2 Å². The first-order valence-electron chi connectivity index (χ1n) is 8.97. The van der Waals surface area contributed by atoms with Crippen LogP contribution in [0.1, 0.15) is 32.8 Å². The van der Waals surface area contributed by atoms with Crippen LogP contribution < -0.4 is 11.1 Å². The summed E-state index contributed by atoms with van der Waals surface area (Å²) < 4.78 is 13.0. The second-order valence-corrected chi connectivity index (χ2v) is 7.44. The van der Waals surface area contributed by atoms with Gasteiger partial charge in [0.25, 0.3) is 5.91 Å². The molecule has 0 spiro atoms. The smallest absolute Gasteiger partial charge is 0.274 e. The lowest BCUT2D eigenvalue weighted by Crippen LogP contribution is -2.44. The molecular formula is C20H25FN4O3. The highest BCUT2D eigenvalue weighted by Crippen LogP contribution is 2.30. The maximum absolute atomic E-state index is 13.0. The fourth-order valence-corrected chi connectivity index (χ4v) is 2.73. The normalized spacial score (nSPS) is 14.7. The zero-order chi connectivity index (χ0) is 20.9. The molecule has 4 N–H and O–H groups in total. The number of nitrogens with one attached hydrogen (secondary N) is 1. The van der Waals surface area contributed by atoms with Crippen LogP contribution in [0.25, 0.3) is 0 Å². The topological polar surface area (TPSA) is 108 Å². The predicted molar refractivity (Wildman–Crippen MR) is 104 cm³/mol. The summed E-state index contributed by atoms with van der Waals surface area (Å²) >= 11 is 0. The van der Waals surface area contributed by atoms with Crippen LogP contribution >= 0.6 is 0 Å². The Balaban J connectivity index is 2.32. The first-order chi connectivity index (χ1) is 13.2. The molecule has 150 valence electrons. The van der Waals surface area contributed by atoms with Crippen molar-refractivity contribution >= 4 is 17.7 Å². The second-order valence-electron chi connectivity index (χ2n) is 7.44. The third-order valence-corrected chi connectivity index (χ3v) is 4.13. The molecular weight excluding hydrogens is 363 g/mol. The summed E-state index contributed by atoms with van der Waals surface area (Å²) in [5, 5.41) is 13.1. The minimum absolute atomic E-state index is 0.118. The highest BCUT2D eigenvalue weighted by Gasteiger charge is 2.36. The zero-order valence-corrected chi connectivity index (χ0v) is 16.3. The quantitative estimate of drug-likeness (QED) is 0.647. The number of aliphatic hydroxyl groups is 1. The van der Waals surface area contributed by atoms with Crippen LogP contribution in [0.4, 0.5) is 4.39 Å².